The van der Waals surface area contributed by atoms with Crippen LogP contribution in [0.1, 0.15) is 22.8 Å². The van der Waals surface area contributed by atoms with Crippen LogP contribution in [0.4, 0.5) is 4.39 Å². The molecule has 0 radical (unpaired) electrons. The summed E-state index contributed by atoms with van der Waals surface area (Å²) in [5.74, 6) is -0.814. The molecule has 1 aromatic heterocycles. The summed E-state index contributed by atoms with van der Waals surface area (Å²) in [4.78, 5) is 28.7. The Morgan fingerprint density at radius 3 is 2.69 bits per heavy atom. The zero-order chi connectivity index (χ0) is 24.6. The standard InChI is InChI=1S/C25H20FN3O5S/c1-2-32-22-13-16(7-12-21(22)33-24(31)17-8-10-18(26)11-9-17)14-27-29-23(30)15-35-25-28-19-5-3-4-6-20(19)34-25/h3-14H,2,15H2,1H3,(H,29,30)/b27-14-. The third-order valence-electron chi connectivity index (χ3n) is 4.55. The molecule has 10 heteroatoms. The number of hydrogen-bond acceptors (Lipinski definition) is 8. The van der Waals surface area contributed by atoms with Crippen molar-refractivity contribution in [3.8, 4) is 11.5 Å². The van der Waals surface area contributed by atoms with E-state index in [1.54, 1.807) is 25.1 Å². The van der Waals surface area contributed by atoms with Gasteiger partial charge in [-0.15, -0.1) is 0 Å². The third-order valence-corrected chi connectivity index (χ3v) is 5.38. The summed E-state index contributed by atoms with van der Waals surface area (Å²) in [7, 11) is 0. The monoisotopic (exact) mass is 493 g/mol. The number of rotatable bonds is 9. The highest BCUT2D eigenvalue weighted by Crippen LogP contribution is 2.29. The van der Waals surface area contributed by atoms with Gasteiger partial charge in [0.25, 0.3) is 11.1 Å². The molecule has 0 aliphatic carbocycles. The lowest BCUT2D eigenvalue weighted by atomic mass is 10.2. The molecule has 0 bridgehead atoms. The van der Waals surface area contributed by atoms with Gasteiger partial charge >= 0.3 is 5.97 Å². The molecule has 0 saturated heterocycles. The number of aromatic nitrogens is 1. The van der Waals surface area contributed by atoms with Gasteiger partial charge in [0, 0.05) is 0 Å². The number of carbonyl (C=O) groups is 2. The van der Waals surface area contributed by atoms with Crippen molar-refractivity contribution in [2.24, 2.45) is 5.10 Å². The van der Waals surface area contributed by atoms with Gasteiger partial charge in [-0.3, -0.25) is 4.79 Å². The number of amides is 1. The Morgan fingerprint density at radius 1 is 1.11 bits per heavy atom. The fraction of sp³-hybridized carbons (Fsp3) is 0.120. The maximum atomic E-state index is 13.1. The van der Waals surface area contributed by atoms with E-state index < -0.39 is 11.8 Å². The molecule has 1 N–H and O–H groups in total. The van der Waals surface area contributed by atoms with Crippen molar-refractivity contribution in [1.29, 1.82) is 0 Å². The lowest BCUT2D eigenvalue weighted by Crippen LogP contribution is -2.19. The molecule has 3 aromatic carbocycles. The minimum Gasteiger partial charge on any atom is -0.490 e. The van der Waals surface area contributed by atoms with Crippen LogP contribution in [0, 0.1) is 5.82 Å². The summed E-state index contributed by atoms with van der Waals surface area (Å²) in [6, 6.07) is 17.2. The molecule has 0 spiro atoms. The van der Waals surface area contributed by atoms with Gasteiger partial charge in [0.05, 0.1) is 24.1 Å². The lowest BCUT2D eigenvalue weighted by Gasteiger charge is -2.11. The predicted octanol–water partition coefficient (Wildman–Crippen LogP) is 4.83. The SMILES string of the molecule is CCOc1cc(/C=N\NC(=O)CSc2nc3ccccc3o2)ccc1OC(=O)c1ccc(F)cc1. The summed E-state index contributed by atoms with van der Waals surface area (Å²) < 4.78 is 29.6. The molecule has 178 valence electrons. The van der Waals surface area contributed by atoms with E-state index in [0.29, 0.717) is 28.7 Å². The predicted molar refractivity (Wildman–Crippen MR) is 129 cm³/mol. The topological polar surface area (TPSA) is 103 Å². The first kappa shape index (κ1) is 24.0. The van der Waals surface area contributed by atoms with Crippen LogP contribution in [0.3, 0.4) is 0 Å². The molecular formula is C25H20FN3O5S. The number of nitrogens with zero attached hydrogens (tertiary/aromatic N) is 2. The molecule has 0 saturated carbocycles. The summed E-state index contributed by atoms with van der Waals surface area (Å²) in [6.07, 6.45) is 1.44. The Morgan fingerprint density at radius 2 is 1.91 bits per heavy atom. The molecule has 1 heterocycles. The second-order valence-corrected chi connectivity index (χ2v) is 7.99. The second-order valence-electron chi connectivity index (χ2n) is 7.06. The lowest BCUT2D eigenvalue weighted by molar-refractivity contribution is -0.118. The van der Waals surface area contributed by atoms with Gasteiger partial charge in [0.1, 0.15) is 11.3 Å². The van der Waals surface area contributed by atoms with Crippen LogP contribution < -0.4 is 14.9 Å². The minimum absolute atomic E-state index is 0.0760. The molecule has 0 aliphatic heterocycles. The maximum absolute atomic E-state index is 13.1. The number of hydrazone groups is 1. The van der Waals surface area contributed by atoms with Gasteiger partial charge in [-0.2, -0.15) is 5.10 Å². The van der Waals surface area contributed by atoms with Crippen LogP contribution in [0.25, 0.3) is 11.1 Å². The third kappa shape index (κ3) is 6.45. The molecule has 8 nitrogen and oxygen atoms in total. The Balaban J connectivity index is 1.34. The average Bonchev–Trinajstić information content (AvgIpc) is 3.28. The van der Waals surface area contributed by atoms with Crippen LogP contribution in [0.5, 0.6) is 11.5 Å². The number of ether oxygens (including phenoxy) is 2. The molecule has 0 unspecified atom stereocenters. The van der Waals surface area contributed by atoms with Gasteiger partial charge in [0.2, 0.25) is 0 Å². The molecule has 0 aliphatic rings. The van der Waals surface area contributed by atoms with Crippen LogP contribution in [-0.4, -0.2) is 35.4 Å². The van der Waals surface area contributed by atoms with Gasteiger partial charge in [-0.25, -0.2) is 19.6 Å². The Kier molecular flexibility index (Phi) is 7.74. The molecule has 1 amide bonds. The maximum Gasteiger partial charge on any atom is 0.343 e. The first-order valence-corrected chi connectivity index (χ1v) is 11.6. The highest BCUT2D eigenvalue weighted by Gasteiger charge is 2.14. The number of para-hydroxylation sites is 2. The second kappa shape index (κ2) is 11.3. The number of esters is 1. The first-order chi connectivity index (χ1) is 17.0. The molecule has 4 aromatic rings. The molecular weight excluding hydrogens is 473 g/mol. The van der Waals surface area contributed by atoms with Crippen molar-refractivity contribution in [3.05, 3.63) is 83.7 Å². The average molecular weight is 494 g/mol. The minimum atomic E-state index is -0.643. The van der Waals surface area contributed by atoms with E-state index in [0.717, 1.165) is 17.3 Å². The zero-order valence-electron chi connectivity index (χ0n) is 18.6. The van der Waals surface area contributed by atoms with E-state index in [9.17, 15) is 14.0 Å². The molecule has 0 atom stereocenters. The van der Waals surface area contributed by atoms with Gasteiger partial charge in [-0.05, 0) is 67.1 Å². The molecule has 4 rings (SSSR count). The van der Waals surface area contributed by atoms with Gasteiger partial charge < -0.3 is 13.9 Å². The number of halogens is 1. The first-order valence-electron chi connectivity index (χ1n) is 10.6. The van der Waals surface area contributed by atoms with Gasteiger partial charge in [-0.1, -0.05) is 23.9 Å². The van der Waals surface area contributed by atoms with Crippen molar-refractivity contribution >= 4 is 41.0 Å². The summed E-state index contributed by atoms with van der Waals surface area (Å²) in [6.45, 7) is 2.13. The zero-order valence-corrected chi connectivity index (χ0v) is 19.4. The highest BCUT2D eigenvalue weighted by molar-refractivity contribution is 7.99. The fourth-order valence-electron chi connectivity index (χ4n) is 2.95. The van der Waals surface area contributed by atoms with E-state index in [2.05, 4.69) is 15.5 Å². The van der Waals surface area contributed by atoms with E-state index in [1.807, 2.05) is 24.3 Å². The Hall–Kier alpha value is -4.18. The number of thioether (sulfide) groups is 1. The summed E-state index contributed by atoms with van der Waals surface area (Å²) in [5, 5.41) is 4.36. The molecule has 0 fully saturated rings. The van der Waals surface area contributed by atoms with E-state index in [-0.39, 0.29) is 23.0 Å². The van der Waals surface area contributed by atoms with Crippen molar-refractivity contribution < 1.29 is 27.9 Å². The van der Waals surface area contributed by atoms with Crippen molar-refractivity contribution in [1.82, 2.24) is 10.4 Å². The van der Waals surface area contributed by atoms with E-state index >= 15 is 0 Å². The number of oxazole rings is 1. The number of nitrogens with one attached hydrogen (secondary N) is 1. The van der Waals surface area contributed by atoms with Crippen LogP contribution in [0.15, 0.2) is 81.5 Å². The van der Waals surface area contributed by atoms with Crippen molar-refractivity contribution in [2.45, 2.75) is 12.1 Å². The Bertz CT molecular complexity index is 1340. The fourth-order valence-corrected chi connectivity index (χ4v) is 3.58. The highest BCUT2D eigenvalue weighted by atomic mass is 32.2. The summed E-state index contributed by atoms with van der Waals surface area (Å²) in [5.41, 5.74) is 4.65. The largest absolute Gasteiger partial charge is 0.490 e. The van der Waals surface area contributed by atoms with Crippen LogP contribution >= 0.6 is 11.8 Å². The Labute approximate surface area is 204 Å². The van der Waals surface area contributed by atoms with Crippen molar-refractivity contribution in [2.75, 3.05) is 12.4 Å². The van der Waals surface area contributed by atoms with E-state index in [1.165, 1.54) is 30.5 Å². The number of carbonyl (C=O) groups excluding carboxylic acids is 2. The van der Waals surface area contributed by atoms with Gasteiger partial charge in [0.15, 0.2) is 17.1 Å². The van der Waals surface area contributed by atoms with Crippen LogP contribution in [-0.2, 0) is 4.79 Å². The smallest absolute Gasteiger partial charge is 0.343 e. The normalized spacial score (nSPS) is 11.0. The number of benzene rings is 3. The summed E-state index contributed by atoms with van der Waals surface area (Å²) >= 11 is 1.16. The number of fused-ring (bicyclic) bond motifs is 1. The van der Waals surface area contributed by atoms with Crippen LogP contribution in [0.2, 0.25) is 0 Å². The number of hydrogen-bond donors (Lipinski definition) is 1. The van der Waals surface area contributed by atoms with E-state index in [4.69, 9.17) is 13.9 Å². The quantitative estimate of drug-likeness (QED) is 0.117. The molecule has 35 heavy (non-hydrogen) atoms. The van der Waals surface area contributed by atoms with Crippen molar-refractivity contribution in [3.63, 3.8) is 0 Å².